The maximum atomic E-state index is 13.8. The van der Waals surface area contributed by atoms with E-state index in [2.05, 4.69) is 4.74 Å². The number of rotatable bonds is 4. The van der Waals surface area contributed by atoms with Crippen LogP contribution in [0.15, 0.2) is 4.90 Å². The topological polar surface area (TPSA) is 63.6 Å². The highest BCUT2D eigenvalue weighted by molar-refractivity contribution is 7.85. The Balaban J connectivity index is 2.78. The summed E-state index contributed by atoms with van der Waals surface area (Å²) in [7, 11) is -5.79. The molecule has 0 heterocycles. The molecule has 0 fully saturated rings. The van der Waals surface area contributed by atoms with Gasteiger partial charge in [-0.1, -0.05) is 6.92 Å². The smallest absolute Gasteiger partial charge is 0.300 e. The summed E-state index contributed by atoms with van der Waals surface area (Å²) in [5.74, 6) is -23.5. The molecule has 0 aliphatic rings. The van der Waals surface area contributed by atoms with Crippen LogP contribution in [0.1, 0.15) is 12.5 Å². The highest BCUT2D eigenvalue weighted by atomic mass is 32.2. The van der Waals surface area contributed by atoms with E-state index < -0.39 is 85.0 Å². The van der Waals surface area contributed by atoms with Crippen molar-refractivity contribution in [3.8, 4) is 11.5 Å². The van der Waals surface area contributed by atoms with Crippen LogP contribution in [0.2, 0.25) is 0 Å². The first-order valence-electron chi connectivity index (χ1n) is 6.70. The molecule has 1 N–H and O–H groups in total. The van der Waals surface area contributed by atoms with E-state index in [0.717, 1.165) is 6.92 Å². The fourth-order valence-electron chi connectivity index (χ4n) is 2.07. The van der Waals surface area contributed by atoms with E-state index in [0.29, 0.717) is 0 Å². The van der Waals surface area contributed by atoms with E-state index in [-0.39, 0.29) is 0 Å². The van der Waals surface area contributed by atoms with Crippen molar-refractivity contribution < 1.29 is 52.8 Å². The summed E-state index contributed by atoms with van der Waals surface area (Å²) < 4.78 is 144. The van der Waals surface area contributed by atoms with E-state index in [1.807, 2.05) is 0 Å². The molecule has 2 rings (SSSR count). The van der Waals surface area contributed by atoms with E-state index >= 15 is 0 Å². The summed E-state index contributed by atoms with van der Waals surface area (Å²) in [6, 6.07) is 0. The molecule has 27 heavy (non-hydrogen) atoms. The van der Waals surface area contributed by atoms with Crippen molar-refractivity contribution in [3.63, 3.8) is 0 Å². The van der Waals surface area contributed by atoms with E-state index in [4.69, 9.17) is 4.55 Å². The normalized spacial score (nSPS) is 11.8. The van der Waals surface area contributed by atoms with Crippen LogP contribution in [0, 0.1) is 46.5 Å². The lowest BCUT2D eigenvalue weighted by Crippen LogP contribution is -2.12. The van der Waals surface area contributed by atoms with Crippen molar-refractivity contribution in [2.75, 3.05) is 0 Å². The lowest BCUT2D eigenvalue weighted by molar-refractivity contribution is 0.314. The molecule has 0 aliphatic carbocycles. The summed E-state index contributed by atoms with van der Waals surface area (Å²) in [4.78, 5) is -2.44. The Bertz CT molecular complexity index is 994. The molecule has 0 amide bonds. The minimum atomic E-state index is -5.79. The summed E-state index contributed by atoms with van der Waals surface area (Å²) in [6.07, 6.45) is -0.527. The molecule has 148 valence electrons. The van der Waals surface area contributed by atoms with Gasteiger partial charge >= 0.3 is 10.1 Å². The highest BCUT2D eigenvalue weighted by Gasteiger charge is 2.35. The molecule has 0 saturated heterocycles. The number of hydrogen-bond acceptors (Lipinski definition) is 3. The van der Waals surface area contributed by atoms with Crippen LogP contribution in [0.5, 0.6) is 11.5 Å². The van der Waals surface area contributed by atoms with Crippen molar-refractivity contribution >= 4 is 10.1 Å². The predicted octanol–water partition coefficient (Wildman–Crippen LogP) is 4.40. The Labute approximate surface area is 145 Å². The quantitative estimate of drug-likeness (QED) is 0.451. The molecule has 0 aliphatic heterocycles. The SMILES string of the molecule is CCc1c(F)c(F)c(Oc2c(F)c(F)c(S(=O)(=O)O)c(F)c2F)c(F)c1F. The zero-order valence-electron chi connectivity index (χ0n) is 12.8. The first kappa shape index (κ1) is 20.9. The average Bonchev–Trinajstić information content (AvgIpc) is 2.57. The average molecular weight is 422 g/mol. The number of benzene rings is 2. The third-order valence-corrected chi connectivity index (χ3v) is 4.19. The van der Waals surface area contributed by atoms with Crippen LogP contribution in [0.3, 0.4) is 0 Å². The fourth-order valence-corrected chi connectivity index (χ4v) is 2.70. The van der Waals surface area contributed by atoms with Gasteiger partial charge in [-0.3, -0.25) is 4.55 Å². The van der Waals surface area contributed by atoms with Gasteiger partial charge in [-0.2, -0.15) is 26.0 Å². The van der Waals surface area contributed by atoms with Gasteiger partial charge in [0.05, 0.1) is 0 Å². The van der Waals surface area contributed by atoms with Crippen LogP contribution in [-0.2, 0) is 16.5 Å². The number of halogens is 8. The molecule has 2 aromatic rings. The molecular formula is C14H6F8O4S. The van der Waals surface area contributed by atoms with Gasteiger partial charge in [0.25, 0.3) is 0 Å². The lowest BCUT2D eigenvalue weighted by atomic mass is 10.1. The predicted molar refractivity (Wildman–Crippen MR) is 71.8 cm³/mol. The zero-order valence-corrected chi connectivity index (χ0v) is 13.6. The Morgan fingerprint density at radius 3 is 1.33 bits per heavy atom. The number of hydrogen-bond donors (Lipinski definition) is 1. The zero-order chi connectivity index (χ0) is 20.8. The third-order valence-electron chi connectivity index (χ3n) is 3.31. The molecule has 0 spiro atoms. The molecule has 0 radical (unpaired) electrons. The van der Waals surface area contributed by atoms with Gasteiger partial charge in [0.2, 0.25) is 34.8 Å². The van der Waals surface area contributed by atoms with Crippen LogP contribution in [-0.4, -0.2) is 13.0 Å². The van der Waals surface area contributed by atoms with Crippen LogP contribution in [0.25, 0.3) is 0 Å². The van der Waals surface area contributed by atoms with Crippen molar-refractivity contribution in [1.82, 2.24) is 0 Å². The molecular weight excluding hydrogens is 416 g/mol. The van der Waals surface area contributed by atoms with Crippen LogP contribution >= 0.6 is 0 Å². The van der Waals surface area contributed by atoms with Gasteiger partial charge < -0.3 is 4.74 Å². The van der Waals surface area contributed by atoms with Gasteiger partial charge in [0.15, 0.2) is 28.2 Å². The Kier molecular flexibility index (Phi) is 5.39. The largest absolute Gasteiger partial charge is 0.444 e. The monoisotopic (exact) mass is 422 g/mol. The van der Waals surface area contributed by atoms with Gasteiger partial charge in [0, 0.05) is 5.56 Å². The van der Waals surface area contributed by atoms with Gasteiger partial charge in [-0.05, 0) is 6.42 Å². The molecule has 0 aromatic heterocycles. The minimum absolute atomic E-state index is 0.527. The molecule has 4 nitrogen and oxygen atoms in total. The molecule has 0 atom stereocenters. The summed E-state index contributed by atoms with van der Waals surface area (Å²) in [6.45, 7) is 1.12. The molecule has 0 bridgehead atoms. The Morgan fingerprint density at radius 1 is 0.704 bits per heavy atom. The molecule has 0 saturated carbocycles. The first-order chi connectivity index (χ1) is 12.3. The second-order valence-electron chi connectivity index (χ2n) is 4.91. The maximum Gasteiger partial charge on any atom is 0.300 e. The fraction of sp³-hybridized carbons (Fsp3) is 0.143. The van der Waals surface area contributed by atoms with E-state index in [1.165, 1.54) is 0 Å². The minimum Gasteiger partial charge on any atom is -0.444 e. The first-order valence-corrected chi connectivity index (χ1v) is 8.14. The second kappa shape index (κ2) is 6.96. The van der Waals surface area contributed by atoms with Gasteiger partial charge in [0.1, 0.15) is 0 Å². The van der Waals surface area contributed by atoms with E-state index in [1.54, 1.807) is 0 Å². The van der Waals surface area contributed by atoms with Crippen molar-refractivity contribution in [3.05, 3.63) is 52.1 Å². The summed E-state index contributed by atoms with van der Waals surface area (Å²) >= 11 is 0. The standard InChI is InChI=1S/C14H6F8O4S/c1-2-3-4(15)6(17)12(7(18)5(3)16)26-13-8(19)10(21)14(27(23,24)25)11(22)9(13)20/h2H2,1H3,(H,23,24,25). The van der Waals surface area contributed by atoms with Gasteiger partial charge in [-0.25, -0.2) is 17.6 Å². The molecule has 2 aromatic carbocycles. The lowest BCUT2D eigenvalue weighted by Gasteiger charge is -2.14. The summed E-state index contributed by atoms with van der Waals surface area (Å²) in [5, 5.41) is 0. The van der Waals surface area contributed by atoms with Crippen molar-refractivity contribution in [1.29, 1.82) is 0 Å². The molecule has 13 heteroatoms. The van der Waals surface area contributed by atoms with Crippen molar-refractivity contribution in [2.45, 2.75) is 18.2 Å². The van der Waals surface area contributed by atoms with Crippen LogP contribution < -0.4 is 4.74 Å². The van der Waals surface area contributed by atoms with E-state index in [9.17, 15) is 43.5 Å². The Hall–Kier alpha value is -2.41. The highest BCUT2D eigenvalue weighted by Crippen LogP contribution is 2.38. The second-order valence-corrected chi connectivity index (χ2v) is 6.27. The third kappa shape index (κ3) is 3.32. The number of ether oxygens (including phenoxy) is 1. The Morgan fingerprint density at radius 2 is 1.04 bits per heavy atom. The summed E-state index contributed by atoms with van der Waals surface area (Å²) in [5.41, 5.74) is -1.07. The van der Waals surface area contributed by atoms with Gasteiger partial charge in [-0.15, -0.1) is 0 Å². The molecule has 0 unspecified atom stereocenters. The maximum absolute atomic E-state index is 13.8. The van der Waals surface area contributed by atoms with Crippen molar-refractivity contribution in [2.24, 2.45) is 0 Å². The van der Waals surface area contributed by atoms with Crippen LogP contribution in [0.4, 0.5) is 35.1 Å².